The maximum atomic E-state index is 11.9. The van der Waals surface area contributed by atoms with Crippen LogP contribution in [0.15, 0.2) is 28.0 Å². The Kier molecular flexibility index (Phi) is 4.04. The Morgan fingerprint density at radius 1 is 1.40 bits per heavy atom. The largest absolute Gasteiger partial charge is 0.466 e. The van der Waals surface area contributed by atoms with E-state index in [1.54, 1.807) is 16.0 Å². The zero-order valence-corrected chi connectivity index (χ0v) is 15.7. The van der Waals surface area contributed by atoms with Crippen molar-refractivity contribution < 1.29 is 12.8 Å². The number of hydrogen-bond donors (Lipinski definition) is 0. The van der Waals surface area contributed by atoms with Crippen molar-refractivity contribution in [3.8, 4) is 11.4 Å². The fourth-order valence-corrected chi connectivity index (χ4v) is 5.66. The van der Waals surface area contributed by atoms with E-state index in [0.29, 0.717) is 24.5 Å². The summed E-state index contributed by atoms with van der Waals surface area (Å²) >= 11 is 1.66. The van der Waals surface area contributed by atoms with Crippen molar-refractivity contribution in [3.63, 3.8) is 0 Å². The van der Waals surface area contributed by atoms with Crippen molar-refractivity contribution in [3.05, 3.63) is 45.8 Å². The Labute approximate surface area is 150 Å². The Morgan fingerprint density at radius 2 is 2.24 bits per heavy atom. The van der Waals surface area contributed by atoms with Gasteiger partial charge >= 0.3 is 0 Å². The second-order valence-electron chi connectivity index (χ2n) is 6.44. The highest BCUT2D eigenvalue weighted by atomic mass is 32.2. The van der Waals surface area contributed by atoms with E-state index in [-0.39, 0.29) is 17.5 Å². The van der Waals surface area contributed by atoms with Crippen LogP contribution in [-0.2, 0) is 16.3 Å². The Bertz CT molecular complexity index is 1000. The lowest BCUT2D eigenvalue weighted by Gasteiger charge is -2.11. The van der Waals surface area contributed by atoms with Crippen LogP contribution in [0.1, 0.15) is 34.7 Å². The third-order valence-corrected chi connectivity index (χ3v) is 7.05. The molecule has 0 radical (unpaired) electrons. The molecule has 0 spiro atoms. The van der Waals surface area contributed by atoms with Crippen LogP contribution >= 0.6 is 11.3 Å². The van der Waals surface area contributed by atoms with Gasteiger partial charge in [0.05, 0.1) is 23.1 Å². The van der Waals surface area contributed by atoms with Crippen molar-refractivity contribution in [1.29, 1.82) is 0 Å². The first-order chi connectivity index (χ1) is 11.9. The van der Waals surface area contributed by atoms with Gasteiger partial charge in [-0.3, -0.25) is 0 Å². The molecule has 8 heteroatoms. The standard InChI is InChI=1S/C17H19N3O3S2/c1-11-8-15(12(2)23-11)17-18-16(9-14-4-3-6-24-14)19-20(17)13-5-7-25(21,22)10-13/h3-4,6,8,13H,5,7,9-10H2,1-2H3/t13-/m1/s1. The van der Waals surface area contributed by atoms with E-state index in [2.05, 4.69) is 11.2 Å². The summed E-state index contributed by atoms with van der Waals surface area (Å²) < 4.78 is 31.3. The molecule has 0 bridgehead atoms. The van der Waals surface area contributed by atoms with Crippen molar-refractivity contribution in [2.45, 2.75) is 32.7 Å². The first kappa shape index (κ1) is 16.5. The van der Waals surface area contributed by atoms with E-state index < -0.39 is 9.84 Å². The molecular formula is C17H19N3O3S2. The van der Waals surface area contributed by atoms with Crippen molar-refractivity contribution in [2.24, 2.45) is 0 Å². The van der Waals surface area contributed by atoms with E-state index in [1.165, 1.54) is 4.88 Å². The number of hydrogen-bond acceptors (Lipinski definition) is 6. The lowest BCUT2D eigenvalue weighted by atomic mass is 10.2. The zero-order chi connectivity index (χ0) is 17.6. The first-order valence-corrected chi connectivity index (χ1v) is 10.9. The number of sulfone groups is 1. The summed E-state index contributed by atoms with van der Waals surface area (Å²) in [4.78, 5) is 5.91. The summed E-state index contributed by atoms with van der Waals surface area (Å²) in [6.07, 6.45) is 1.22. The average molecular weight is 377 g/mol. The molecule has 0 unspecified atom stereocenters. The predicted octanol–water partition coefficient (Wildman–Crippen LogP) is 3.17. The monoisotopic (exact) mass is 377 g/mol. The third kappa shape index (κ3) is 3.28. The highest BCUT2D eigenvalue weighted by molar-refractivity contribution is 7.91. The van der Waals surface area contributed by atoms with Crippen LogP contribution in [0.4, 0.5) is 0 Å². The highest BCUT2D eigenvalue weighted by Gasteiger charge is 2.32. The lowest BCUT2D eigenvalue weighted by molar-refractivity contribution is 0.494. The van der Waals surface area contributed by atoms with Crippen LogP contribution in [0.5, 0.6) is 0 Å². The van der Waals surface area contributed by atoms with Gasteiger partial charge in [0.25, 0.3) is 0 Å². The Morgan fingerprint density at radius 3 is 2.84 bits per heavy atom. The molecule has 0 aromatic carbocycles. The van der Waals surface area contributed by atoms with Gasteiger partial charge in [-0.25, -0.2) is 18.1 Å². The minimum Gasteiger partial charge on any atom is -0.466 e. The molecular weight excluding hydrogens is 358 g/mol. The van der Waals surface area contributed by atoms with Crippen LogP contribution in [0.2, 0.25) is 0 Å². The Hall–Kier alpha value is -1.93. The molecule has 3 aromatic rings. The minimum absolute atomic E-state index is 0.123. The molecule has 1 fully saturated rings. The maximum Gasteiger partial charge on any atom is 0.162 e. The minimum atomic E-state index is -3.00. The molecule has 1 atom stereocenters. The molecule has 4 heterocycles. The number of thiophene rings is 1. The predicted molar refractivity (Wildman–Crippen MR) is 96.6 cm³/mol. The number of aromatic nitrogens is 3. The molecule has 132 valence electrons. The SMILES string of the molecule is Cc1cc(-c2nc(Cc3cccs3)nn2[C@@H]2CCS(=O)(=O)C2)c(C)o1. The van der Waals surface area contributed by atoms with Gasteiger partial charge in [-0.05, 0) is 37.8 Å². The first-order valence-electron chi connectivity index (χ1n) is 8.17. The number of nitrogens with zero attached hydrogens (tertiary/aromatic N) is 3. The maximum absolute atomic E-state index is 11.9. The smallest absolute Gasteiger partial charge is 0.162 e. The molecule has 3 aromatic heterocycles. The van der Waals surface area contributed by atoms with Gasteiger partial charge in [-0.15, -0.1) is 11.3 Å². The van der Waals surface area contributed by atoms with Crippen LogP contribution in [-0.4, -0.2) is 34.7 Å². The van der Waals surface area contributed by atoms with Crippen LogP contribution in [0.3, 0.4) is 0 Å². The normalized spacial score (nSPS) is 19.5. The third-order valence-electron chi connectivity index (χ3n) is 4.42. The molecule has 0 amide bonds. The van der Waals surface area contributed by atoms with E-state index >= 15 is 0 Å². The van der Waals surface area contributed by atoms with E-state index in [1.807, 2.05) is 31.4 Å². The topological polar surface area (TPSA) is 78.0 Å². The summed E-state index contributed by atoms with van der Waals surface area (Å²) in [5, 5.41) is 6.69. The van der Waals surface area contributed by atoms with Gasteiger partial charge in [0.1, 0.15) is 11.5 Å². The number of aryl methyl sites for hydroxylation is 2. The molecule has 1 aliphatic rings. The molecule has 1 aliphatic heterocycles. The second kappa shape index (κ2) is 6.10. The zero-order valence-electron chi connectivity index (χ0n) is 14.1. The molecule has 25 heavy (non-hydrogen) atoms. The molecule has 0 aliphatic carbocycles. The Balaban J connectivity index is 1.77. The van der Waals surface area contributed by atoms with Crippen LogP contribution in [0, 0.1) is 13.8 Å². The van der Waals surface area contributed by atoms with Crippen molar-refractivity contribution in [1.82, 2.24) is 14.8 Å². The van der Waals surface area contributed by atoms with Gasteiger partial charge < -0.3 is 4.42 Å². The van der Waals surface area contributed by atoms with Crippen molar-refractivity contribution in [2.75, 3.05) is 11.5 Å². The van der Waals surface area contributed by atoms with Crippen LogP contribution in [0.25, 0.3) is 11.4 Å². The average Bonchev–Trinajstić information content (AvgIpc) is 3.28. The van der Waals surface area contributed by atoms with Crippen LogP contribution < -0.4 is 0 Å². The summed E-state index contributed by atoms with van der Waals surface area (Å²) in [5.74, 6) is 3.32. The molecule has 4 rings (SSSR count). The lowest BCUT2D eigenvalue weighted by Crippen LogP contribution is -2.14. The molecule has 0 saturated carbocycles. The number of furan rings is 1. The van der Waals surface area contributed by atoms with Gasteiger partial charge in [-0.1, -0.05) is 6.07 Å². The second-order valence-corrected chi connectivity index (χ2v) is 9.70. The van der Waals surface area contributed by atoms with E-state index in [4.69, 9.17) is 9.40 Å². The number of rotatable bonds is 4. The van der Waals surface area contributed by atoms with Crippen molar-refractivity contribution >= 4 is 21.2 Å². The van der Waals surface area contributed by atoms with Gasteiger partial charge in [0.15, 0.2) is 21.5 Å². The molecule has 0 N–H and O–H groups in total. The summed E-state index contributed by atoms with van der Waals surface area (Å²) in [6.45, 7) is 3.79. The van der Waals surface area contributed by atoms with E-state index in [0.717, 1.165) is 17.1 Å². The fraction of sp³-hybridized carbons (Fsp3) is 0.412. The van der Waals surface area contributed by atoms with Gasteiger partial charge in [-0.2, -0.15) is 5.10 Å². The molecule has 6 nitrogen and oxygen atoms in total. The summed E-state index contributed by atoms with van der Waals surface area (Å²) in [6, 6.07) is 5.83. The summed E-state index contributed by atoms with van der Waals surface area (Å²) in [7, 11) is -3.00. The van der Waals surface area contributed by atoms with Gasteiger partial charge in [0.2, 0.25) is 0 Å². The van der Waals surface area contributed by atoms with Gasteiger partial charge in [0, 0.05) is 11.3 Å². The molecule has 1 saturated heterocycles. The quantitative estimate of drug-likeness (QED) is 0.698. The highest BCUT2D eigenvalue weighted by Crippen LogP contribution is 2.31. The van der Waals surface area contributed by atoms with E-state index in [9.17, 15) is 8.42 Å². The summed E-state index contributed by atoms with van der Waals surface area (Å²) in [5.41, 5.74) is 0.881. The fourth-order valence-electron chi connectivity index (χ4n) is 3.27.